The van der Waals surface area contributed by atoms with Gasteiger partial charge in [0.25, 0.3) is 0 Å². The first-order valence-corrected chi connectivity index (χ1v) is 13.9. The molecule has 7 nitrogen and oxygen atoms in total. The third kappa shape index (κ3) is 9.82. The molecule has 0 aliphatic heterocycles. The average molecular weight is 584 g/mol. The van der Waals surface area contributed by atoms with Crippen molar-refractivity contribution in [1.82, 2.24) is 5.32 Å². The van der Waals surface area contributed by atoms with E-state index in [0.717, 1.165) is 29.5 Å². The molecule has 0 heterocycles. The molecule has 216 valence electrons. The van der Waals surface area contributed by atoms with Gasteiger partial charge in [0, 0.05) is 26.0 Å². The van der Waals surface area contributed by atoms with Gasteiger partial charge in [-0.2, -0.15) is 0 Å². The zero-order valence-electron chi connectivity index (χ0n) is 22.9. The van der Waals surface area contributed by atoms with Gasteiger partial charge in [0.1, 0.15) is 18.4 Å². The number of amides is 1. The molecule has 0 spiro atoms. The lowest BCUT2D eigenvalue weighted by molar-refractivity contribution is -0.149. The summed E-state index contributed by atoms with van der Waals surface area (Å²) in [4.78, 5) is 49.8. The number of carbonyl (C=O) groups is 4. The molecular weight excluding hydrogens is 552 g/mol. The molecule has 0 bridgehead atoms. The normalized spacial score (nSPS) is 13.0. The van der Waals surface area contributed by atoms with Crippen LogP contribution in [0.2, 0.25) is 0 Å². The van der Waals surface area contributed by atoms with E-state index in [1.165, 1.54) is 19.9 Å². The van der Waals surface area contributed by atoms with Crippen molar-refractivity contribution < 1.29 is 37.4 Å². The predicted octanol–water partition coefficient (Wildman–Crippen LogP) is 5.36. The maximum absolute atomic E-state index is 14.0. The number of halogens is 2. The van der Waals surface area contributed by atoms with E-state index in [4.69, 9.17) is 9.47 Å². The number of nitrogens with one attached hydrogen (secondary N) is 1. The highest BCUT2D eigenvalue weighted by Crippen LogP contribution is 2.29. The molecule has 3 aromatic rings. The molecule has 0 aromatic heterocycles. The lowest BCUT2D eigenvalue weighted by Crippen LogP contribution is -2.47. The molecule has 0 aliphatic carbocycles. The lowest BCUT2D eigenvalue weighted by Gasteiger charge is -2.26. The van der Waals surface area contributed by atoms with E-state index in [9.17, 15) is 28.0 Å². The number of ether oxygens (including phenoxy) is 2. The van der Waals surface area contributed by atoms with Crippen LogP contribution in [0.3, 0.4) is 0 Å². The van der Waals surface area contributed by atoms with Gasteiger partial charge in [-0.1, -0.05) is 67.2 Å². The molecule has 0 saturated carbocycles. The Kier molecular flexibility index (Phi) is 11.6. The van der Waals surface area contributed by atoms with E-state index in [2.05, 4.69) is 5.32 Å². The Labute approximate surface area is 241 Å². The molecule has 1 amide bonds. The first-order valence-electron chi connectivity index (χ1n) is 12.9. The van der Waals surface area contributed by atoms with Gasteiger partial charge in [-0.05, 0) is 46.9 Å². The summed E-state index contributed by atoms with van der Waals surface area (Å²) in [6.07, 6.45) is 0.0614. The molecule has 3 rings (SSSR count). The molecule has 10 heteroatoms. The monoisotopic (exact) mass is 583 g/mol. The van der Waals surface area contributed by atoms with Crippen molar-refractivity contribution in [2.75, 3.05) is 5.75 Å². The minimum atomic E-state index is -1.10. The maximum atomic E-state index is 14.0. The number of rotatable bonds is 12. The summed E-state index contributed by atoms with van der Waals surface area (Å²) in [5, 5.41) is 2.54. The van der Waals surface area contributed by atoms with Crippen molar-refractivity contribution in [2.45, 2.75) is 45.8 Å². The fraction of sp³-hybridized carbons (Fsp3) is 0.290. The number of benzene rings is 3. The second-order valence-electron chi connectivity index (χ2n) is 9.47. The van der Waals surface area contributed by atoms with Gasteiger partial charge in [-0.3, -0.25) is 14.4 Å². The second-order valence-corrected chi connectivity index (χ2v) is 10.7. The number of thioether (sulfide) groups is 1. The molecule has 0 aliphatic rings. The van der Waals surface area contributed by atoms with E-state index in [-0.39, 0.29) is 23.9 Å². The van der Waals surface area contributed by atoms with E-state index in [1.807, 2.05) is 18.2 Å². The van der Waals surface area contributed by atoms with Crippen molar-refractivity contribution in [3.8, 4) is 5.75 Å². The van der Waals surface area contributed by atoms with Crippen LogP contribution >= 0.6 is 11.8 Å². The molecule has 0 radical (unpaired) electrons. The Hall–Kier alpha value is -4.05. The van der Waals surface area contributed by atoms with Crippen molar-refractivity contribution in [2.24, 2.45) is 5.92 Å². The fourth-order valence-electron chi connectivity index (χ4n) is 4.08. The van der Waals surface area contributed by atoms with Crippen LogP contribution in [0.15, 0.2) is 72.8 Å². The highest BCUT2D eigenvalue weighted by molar-refractivity contribution is 8.13. The van der Waals surface area contributed by atoms with Crippen LogP contribution < -0.4 is 10.1 Å². The van der Waals surface area contributed by atoms with Gasteiger partial charge >= 0.3 is 11.9 Å². The standard InChI is InChI=1S/C31H31F2NO6S/c1-19(24-11-14-27(32)28(33)16-24)26(18-41-21(3)36)30(37)34-29(31(38)39-17-23-7-5-4-6-8-23)15-22-9-12-25(13-10-22)40-20(2)35/h4-14,16,19,26,29H,15,17-18H2,1-3H3,(H,34,37)/t19?,26?,29-/m0/s1. The zero-order valence-corrected chi connectivity index (χ0v) is 23.7. The van der Waals surface area contributed by atoms with Gasteiger partial charge in [-0.15, -0.1) is 0 Å². The number of esters is 2. The summed E-state index contributed by atoms with van der Waals surface area (Å²) in [6, 6.07) is 17.8. The SMILES string of the molecule is CC(=O)Oc1ccc(C[C@H](NC(=O)C(CSC(C)=O)C(C)c2ccc(F)c(F)c2)C(=O)OCc2ccccc2)cc1. The van der Waals surface area contributed by atoms with Crippen LogP contribution in [0.1, 0.15) is 43.4 Å². The molecule has 0 fully saturated rings. The predicted molar refractivity (Wildman–Crippen MR) is 151 cm³/mol. The summed E-state index contributed by atoms with van der Waals surface area (Å²) < 4.78 is 38.1. The maximum Gasteiger partial charge on any atom is 0.329 e. The lowest BCUT2D eigenvalue weighted by atomic mass is 9.87. The van der Waals surface area contributed by atoms with Gasteiger partial charge in [-0.25, -0.2) is 13.6 Å². The third-order valence-electron chi connectivity index (χ3n) is 6.33. The number of hydrogen-bond donors (Lipinski definition) is 1. The first kappa shape index (κ1) is 31.5. The molecule has 0 saturated heterocycles. The van der Waals surface area contributed by atoms with Crippen molar-refractivity contribution in [1.29, 1.82) is 0 Å². The molecule has 1 N–H and O–H groups in total. The molecule has 3 atom stereocenters. The van der Waals surface area contributed by atoms with Crippen LogP contribution in [-0.4, -0.2) is 34.8 Å². The van der Waals surface area contributed by atoms with Gasteiger partial charge < -0.3 is 14.8 Å². The molecule has 41 heavy (non-hydrogen) atoms. The van der Waals surface area contributed by atoms with Crippen LogP contribution in [0, 0.1) is 17.6 Å². The zero-order chi connectivity index (χ0) is 29.9. The molecule has 3 aromatic carbocycles. The minimum Gasteiger partial charge on any atom is -0.459 e. The van der Waals surface area contributed by atoms with E-state index >= 15 is 0 Å². The summed E-state index contributed by atoms with van der Waals surface area (Å²) in [7, 11) is 0. The van der Waals surface area contributed by atoms with Crippen molar-refractivity contribution in [3.63, 3.8) is 0 Å². The van der Waals surface area contributed by atoms with Gasteiger partial charge in [0.2, 0.25) is 5.91 Å². The fourth-order valence-corrected chi connectivity index (χ4v) is 4.93. The highest BCUT2D eigenvalue weighted by Gasteiger charge is 2.32. The average Bonchev–Trinajstić information content (AvgIpc) is 2.94. The Morgan fingerprint density at radius 1 is 0.878 bits per heavy atom. The van der Waals surface area contributed by atoms with E-state index in [0.29, 0.717) is 16.9 Å². The van der Waals surface area contributed by atoms with Gasteiger partial charge in [0.05, 0.1) is 5.92 Å². The molecular formula is C31H31F2NO6S. The van der Waals surface area contributed by atoms with Crippen LogP contribution in [-0.2, 0) is 36.9 Å². The van der Waals surface area contributed by atoms with Crippen LogP contribution in [0.25, 0.3) is 0 Å². The van der Waals surface area contributed by atoms with E-state index < -0.39 is 47.4 Å². The summed E-state index contributed by atoms with van der Waals surface area (Å²) in [6.45, 7) is 4.32. The molecule has 2 unspecified atom stereocenters. The van der Waals surface area contributed by atoms with Crippen LogP contribution in [0.4, 0.5) is 8.78 Å². The van der Waals surface area contributed by atoms with Crippen LogP contribution in [0.5, 0.6) is 5.75 Å². The summed E-state index contributed by atoms with van der Waals surface area (Å²) >= 11 is 0.926. The van der Waals surface area contributed by atoms with Gasteiger partial charge in [0.15, 0.2) is 16.7 Å². The summed E-state index contributed by atoms with van der Waals surface area (Å²) in [5.41, 5.74) is 1.79. The quantitative estimate of drug-likeness (QED) is 0.226. The minimum absolute atomic E-state index is 0.00763. The Bertz CT molecular complexity index is 1370. The van der Waals surface area contributed by atoms with Crippen molar-refractivity contribution >= 4 is 34.7 Å². The van der Waals surface area contributed by atoms with E-state index in [1.54, 1.807) is 43.3 Å². The number of carbonyl (C=O) groups excluding carboxylic acids is 4. The Morgan fingerprint density at radius 2 is 1.56 bits per heavy atom. The highest BCUT2D eigenvalue weighted by atomic mass is 32.2. The van der Waals surface area contributed by atoms with Crippen molar-refractivity contribution in [3.05, 3.63) is 101 Å². The number of hydrogen-bond acceptors (Lipinski definition) is 7. The second kappa shape index (κ2) is 15.1. The smallest absolute Gasteiger partial charge is 0.329 e. The third-order valence-corrected chi connectivity index (χ3v) is 7.26. The topological polar surface area (TPSA) is 98.8 Å². The largest absolute Gasteiger partial charge is 0.459 e. The Morgan fingerprint density at radius 3 is 2.17 bits per heavy atom. The Balaban J connectivity index is 1.84. The summed E-state index contributed by atoms with van der Waals surface area (Å²) in [5.74, 6) is -4.84. The first-order chi connectivity index (χ1) is 19.5.